The molecule has 0 aromatic heterocycles. The zero-order valence-electron chi connectivity index (χ0n) is 6.94. The Hall–Kier alpha value is 0.137. The second-order valence-electron chi connectivity index (χ2n) is 2.45. The van der Waals surface area contributed by atoms with Crippen molar-refractivity contribution in [3.63, 3.8) is 0 Å². The number of hydrogen-bond donors (Lipinski definition) is 1. The largest absolute Gasteiger partial charge is 0.306 e. The molecular formula is C6H18N2Si. The summed E-state index contributed by atoms with van der Waals surface area (Å²) in [5.41, 5.74) is 0. The van der Waals surface area contributed by atoms with Crippen molar-refractivity contribution in [1.82, 2.24) is 10.2 Å². The second kappa shape index (κ2) is 4.96. The molecule has 56 valence electrons. The number of nitrogens with zero attached hydrogens (tertiary/aromatic N) is 1. The van der Waals surface area contributed by atoms with E-state index in [0.717, 1.165) is 0 Å². The molecule has 9 heavy (non-hydrogen) atoms. The summed E-state index contributed by atoms with van der Waals surface area (Å²) in [6.07, 6.45) is 2.97. The fourth-order valence-corrected chi connectivity index (χ4v) is 1.40. The molecule has 0 amide bonds. The Kier molecular flexibility index (Phi) is 5.04. The van der Waals surface area contributed by atoms with Crippen LogP contribution >= 0.6 is 0 Å². The third kappa shape index (κ3) is 3.67. The van der Waals surface area contributed by atoms with Gasteiger partial charge in [0.15, 0.2) is 0 Å². The summed E-state index contributed by atoms with van der Waals surface area (Å²) >= 11 is 0. The van der Waals surface area contributed by atoms with E-state index < -0.39 is 0 Å². The van der Waals surface area contributed by atoms with E-state index in [4.69, 9.17) is 0 Å². The predicted octanol–water partition coefficient (Wildman–Crippen LogP) is -0.803. The van der Waals surface area contributed by atoms with E-state index in [1.54, 1.807) is 0 Å². The third-order valence-electron chi connectivity index (χ3n) is 1.45. The Morgan fingerprint density at radius 1 is 1.56 bits per heavy atom. The van der Waals surface area contributed by atoms with E-state index in [0.29, 0.717) is 6.17 Å². The summed E-state index contributed by atoms with van der Waals surface area (Å²) < 4.78 is 0. The molecule has 0 spiro atoms. The van der Waals surface area contributed by atoms with Gasteiger partial charge in [-0.2, -0.15) is 0 Å². The number of rotatable bonds is 4. The van der Waals surface area contributed by atoms with Crippen LogP contribution in [0.3, 0.4) is 0 Å². The van der Waals surface area contributed by atoms with Crippen molar-refractivity contribution in [2.75, 3.05) is 20.3 Å². The van der Waals surface area contributed by atoms with E-state index in [2.05, 4.69) is 31.2 Å². The van der Waals surface area contributed by atoms with Crippen molar-refractivity contribution in [1.29, 1.82) is 0 Å². The fraction of sp³-hybridized carbons (Fsp3) is 1.00. The Balaban J connectivity index is 3.41. The van der Waals surface area contributed by atoms with Crippen LogP contribution in [0.25, 0.3) is 0 Å². The molecular weight excluding hydrogens is 128 g/mol. The molecule has 0 fully saturated rings. The molecule has 0 radical (unpaired) electrons. The van der Waals surface area contributed by atoms with Crippen molar-refractivity contribution >= 4 is 10.2 Å². The van der Waals surface area contributed by atoms with Crippen LogP contribution in [0, 0.1) is 0 Å². The molecule has 0 aliphatic heterocycles. The average Bonchev–Trinajstić information content (AvgIpc) is 1.82. The molecule has 0 rings (SSSR count). The van der Waals surface area contributed by atoms with Crippen molar-refractivity contribution < 1.29 is 0 Å². The summed E-state index contributed by atoms with van der Waals surface area (Å²) in [7, 11) is 5.47. The zero-order chi connectivity index (χ0) is 7.28. The first-order valence-corrected chi connectivity index (χ1v) is 5.03. The van der Waals surface area contributed by atoms with Gasteiger partial charge >= 0.3 is 0 Å². The lowest BCUT2D eigenvalue weighted by Crippen LogP contribution is -2.41. The van der Waals surface area contributed by atoms with Crippen LogP contribution in [-0.4, -0.2) is 41.6 Å². The lowest BCUT2D eigenvalue weighted by atomic mass is 10.3. The summed E-state index contributed by atoms with van der Waals surface area (Å²) in [4.78, 5) is 2.22. The molecule has 0 saturated carbocycles. The van der Waals surface area contributed by atoms with Gasteiger partial charge < -0.3 is 5.32 Å². The Morgan fingerprint density at radius 3 is 2.22 bits per heavy atom. The minimum Gasteiger partial charge on any atom is -0.306 e. The Labute approximate surface area is 61.0 Å². The van der Waals surface area contributed by atoms with Crippen LogP contribution in [0.1, 0.15) is 13.3 Å². The molecule has 0 aromatic carbocycles. The standard InChI is InChI=1S/C6H18N2Si/c1-4-6(7-5-9)8(2)3/h6-7H,4-5H2,1-3,9H3. The van der Waals surface area contributed by atoms with Crippen LogP contribution in [0.5, 0.6) is 0 Å². The summed E-state index contributed by atoms with van der Waals surface area (Å²) in [5, 5.41) is 3.42. The van der Waals surface area contributed by atoms with Gasteiger partial charge in [-0.15, -0.1) is 0 Å². The maximum Gasteiger partial charge on any atom is 0.0586 e. The van der Waals surface area contributed by atoms with Gasteiger partial charge in [0.05, 0.1) is 6.17 Å². The van der Waals surface area contributed by atoms with E-state index in [-0.39, 0.29) is 0 Å². The average molecular weight is 146 g/mol. The SMILES string of the molecule is CCC(NC[SiH3])N(C)C. The molecule has 3 heteroatoms. The van der Waals surface area contributed by atoms with Gasteiger partial charge in [-0.05, 0) is 26.7 Å². The molecule has 0 aliphatic rings. The molecule has 2 nitrogen and oxygen atoms in total. The van der Waals surface area contributed by atoms with Crippen LogP contribution in [0.2, 0.25) is 0 Å². The van der Waals surface area contributed by atoms with Crippen molar-refractivity contribution in [2.24, 2.45) is 0 Å². The number of hydrogen-bond acceptors (Lipinski definition) is 2. The normalized spacial score (nSPS) is 14.7. The summed E-state index contributed by atoms with van der Waals surface area (Å²) in [6.45, 7) is 2.20. The summed E-state index contributed by atoms with van der Waals surface area (Å²) in [6, 6.07) is 0. The van der Waals surface area contributed by atoms with Gasteiger partial charge in [-0.1, -0.05) is 6.92 Å². The number of nitrogens with one attached hydrogen (secondary N) is 1. The van der Waals surface area contributed by atoms with Crippen LogP contribution in [-0.2, 0) is 0 Å². The fourth-order valence-electron chi connectivity index (χ4n) is 0.928. The molecule has 0 aliphatic carbocycles. The van der Waals surface area contributed by atoms with E-state index in [9.17, 15) is 0 Å². The highest BCUT2D eigenvalue weighted by Gasteiger charge is 2.03. The Morgan fingerprint density at radius 2 is 2.11 bits per heavy atom. The molecule has 1 unspecified atom stereocenters. The van der Waals surface area contributed by atoms with Crippen LogP contribution < -0.4 is 5.32 Å². The maximum absolute atomic E-state index is 3.42. The van der Waals surface area contributed by atoms with Gasteiger partial charge in [-0.25, -0.2) is 0 Å². The van der Waals surface area contributed by atoms with E-state index >= 15 is 0 Å². The highest BCUT2D eigenvalue weighted by Crippen LogP contribution is 1.91. The quantitative estimate of drug-likeness (QED) is 0.412. The predicted molar refractivity (Wildman–Crippen MR) is 45.7 cm³/mol. The molecule has 0 heterocycles. The first-order valence-electron chi connectivity index (χ1n) is 3.62. The van der Waals surface area contributed by atoms with Gasteiger partial charge in [0, 0.05) is 10.2 Å². The maximum atomic E-state index is 3.42. The second-order valence-corrected chi connectivity index (χ2v) is 3.15. The topological polar surface area (TPSA) is 15.3 Å². The first kappa shape index (κ1) is 9.14. The lowest BCUT2D eigenvalue weighted by Gasteiger charge is -2.23. The van der Waals surface area contributed by atoms with Gasteiger partial charge in [-0.3, -0.25) is 4.90 Å². The molecule has 1 N–H and O–H groups in total. The highest BCUT2D eigenvalue weighted by atomic mass is 28.1. The molecule has 1 atom stereocenters. The van der Waals surface area contributed by atoms with E-state index in [1.165, 1.54) is 22.8 Å². The van der Waals surface area contributed by atoms with Crippen LogP contribution in [0.15, 0.2) is 0 Å². The van der Waals surface area contributed by atoms with Crippen molar-refractivity contribution in [3.8, 4) is 0 Å². The monoisotopic (exact) mass is 146 g/mol. The van der Waals surface area contributed by atoms with E-state index in [1.807, 2.05) is 0 Å². The summed E-state index contributed by atoms with van der Waals surface area (Å²) in [5.74, 6) is 0. The van der Waals surface area contributed by atoms with Gasteiger partial charge in [0.1, 0.15) is 0 Å². The van der Waals surface area contributed by atoms with Crippen molar-refractivity contribution in [3.05, 3.63) is 0 Å². The van der Waals surface area contributed by atoms with Crippen molar-refractivity contribution in [2.45, 2.75) is 19.5 Å². The minimum atomic E-state index is 0.586. The smallest absolute Gasteiger partial charge is 0.0586 e. The van der Waals surface area contributed by atoms with Crippen LogP contribution in [0.4, 0.5) is 0 Å². The lowest BCUT2D eigenvalue weighted by molar-refractivity contribution is 0.249. The molecule has 0 saturated heterocycles. The zero-order valence-corrected chi connectivity index (χ0v) is 8.94. The highest BCUT2D eigenvalue weighted by molar-refractivity contribution is 6.08. The third-order valence-corrected chi connectivity index (χ3v) is 1.86. The van der Waals surface area contributed by atoms with Gasteiger partial charge in [0.2, 0.25) is 0 Å². The first-order chi connectivity index (χ1) is 4.22. The molecule has 0 bridgehead atoms. The Bertz CT molecular complexity index is 66.1. The minimum absolute atomic E-state index is 0.586. The van der Waals surface area contributed by atoms with Gasteiger partial charge in [0.25, 0.3) is 0 Å². The molecule has 0 aromatic rings.